The van der Waals surface area contributed by atoms with Crippen molar-refractivity contribution in [1.82, 2.24) is 4.90 Å². The molecule has 0 aliphatic carbocycles. The highest BCUT2D eigenvalue weighted by Crippen LogP contribution is 2.21. The highest BCUT2D eigenvalue weighted by atomic mass is 16.5. The molecule has 1 aliphatic heterocycles. The van der Waals surface area contributed by atoms with E-state index in [-0.39, 0.29) is 12.0 Å². The van der Waals surface area contributed by atoms with Gasteiger partial charge in [0.15, 0.2) is 0 Å². The number of likely N-dealkylation sites (tertiary alicyclic amines) is 1. The second kappa shape index (κ2) is 8.71. The van der Waals surface area contributed by atoms with Crippen molar-refractivity contribution in [3.05, 3.63) is 48.0 Å². The molecule has 2 rings (SSSR count). The van der Waals surface area contributed by atoms with E-state index in [0.29, 0.717) is 12.5 Å². The first-order valence-corrected chi connectivity index (χ1v) is 7.96. The number of unbranched alkanes of at least 4 members (excludes halogenated alkanes) is 1. The molecule has 2 N–H and O–H groups in total. The SMILES string of the molecule is COC(=O)CCCC=C[C@@H]1C[C@@H](N)CN1Cc1ccccc1. The normalized spacial score (nSPS) is 22.3. The number of ether oxygens (including phenoxy) is 1. The fourth-order valence-electron chi connectivity index (χ4n) is 2.89. The number of carbonyl (C=O) groups excluding carboxylic acids is 1. The minimum Gasteiger partial charge on any atom is -0.469 e. The first-order chi connectivity index (χ1) is 10.7. The quantitative estimate of drug-likeness (QED) is 0.477. The van der Waals surface area contributed by atoms with Crippen LogP contribution in [0, 0.1) is 0 Å². The Labute approximate surface area is 132 Å². The monoisotopic (exact) mass is 302 g/mol. The molecule has 0 radical (unpaired) electrons. The number of benzene rings is 1. The number of hydrogen-bond acceptors (Lipinski definition) is 4. The maximum Gasteiger partial charge on any atom is 0.305 e. The molecule has 4 nitrogen and oxygen atoms in total. The Morgan fingerprint density at radius 2 is 2.18 bits per heavy atom. The van der Waals surface area contributed by atoms with E-state index in [9.17, 15) is 4.79 Å². The van der Waals surface area contributed by atoms with Crippen molar-refractivity contribution in [3.63, 3.8) is 0 Å². The minimum absolute atomic E-state index is 0.137. The minimum atomic E-state index is -0.137. The summed E-state index contributed by atoms with van der Waals surface area (Å²) in [6.45, 7) is 1.87. The van der Waals surface area contributed by atoms with Gasteiger partial charge in [-0.25, -0.2) is 0 Å². The summed E-state index contributed by atoms with van der Waals surface area (Å²) in [5.74, 6) is -0.137. The first kappa shape index (κ1) is 16.7. The maximum absolute atomic E-state index is 11.1. The van der Waals surface area contributed by atoms with Gasteiger partial charge < -0.3 is 10.5 Å². The average molecular weight is 302 g/mol. The maximum atomic E-state index is 11.1. The second-order valence-corrected chi connectivity index (χ2v) is 5.87. The lowest BCUT2D eigenvalue weighted by atomic mass is 10.1. The van der Waals surface area contributed by atoms with E-state index >= 15 is 0 Å². The van der Waals surface area contributed by atoms with Gasteiger partial charge in [0.2, 0.25) is 0 Å². The van der Waals surface area contributed by atoms with Crippen molar-refractivity contribution in [2.45, 2.75) is 44.3 Å². The van der Waals surface area contributed by atoms with Crippen LogP contribution in [0.1, 0.15) is 31.2 Å². The lowest BCUT2D eigenvalue weighted by Gasteiger charge is -2.21. The van der Waals surface area contributed by atoms with Crippen molar-refractivity contribution < 1.29 is 9.53 Å². The van der Waals surface area contributed by atoms with E-state index in [1.165, 1.54) is 12.7 Å². The van der Waals surface area contributed by atoms with Crippen molar-refractivity contribution in [1.29, 1.82) is 0 Å². The number of allylic oxidation sites excluding steroid dienone is 1. The third-order valence-corrected chi connectivity index (χ3v) is 4.05. The molecule has 4 heteroatoms. The lowest BCUT2D eigenvalue weighted by Crippen LogP contribution is -2.29. The molecule has 0 unspecified atom stereocenters. The summed E-state index contributed by atoms with van der Waals surface area (Å²) < 4.78 is 4.64. The van der Waals surface area contributed by atoms with E-state index in [2.05, 4.69) is 46.1 Å². The number of rotatable bonds is 7. The Morgan fingerprint density at radius 1 is 1.41 bits per heavy atom. The Bertz CT molecular complexity index is 487. The summed E-state index contributed by atoms with van der Waals surface area (Å²) in [6.07, 6.45) is 7.64. The fourth-order valence-corrected chi connectivity index (χ4v) is 2.89. The molecule has 1 fully saturated rings. The summed E-state index contributed by atoms with van der Waals surface area (Å²) in [5, 5.41) is 0. The van der Waals surface area contributed by atoms with Crippen LogP contribution in [0.15, 0.2) is 42.5 Å². The van der Waals surface area contributed by atoms with Gasteiger partial charge in [-0.05, 0) is 24.8 Å². The number of esters is 1. The molecule has 0 amide bonds. The molecular formula is C18H26N2O2. The molecule has 1 aromatic carbocycles. The van der Waals surface area contributed by atoms with Gasteiger partial charge in [0.25, 0.3) is 0 Å². The van der Waals surface area contributed by atoms with Crippen molar-refractivity contribution >= 4 is 5.97 Å². The zero-order valence-corrected chi connectivity index (χ0v) is 13.3. The zero-order valence-electron chi connectivity index (χ0n) is 13.3. The van der Waals surface area contributed by atoms with Crippen molar-refractivity contribution in [2.75, 3.05) is 13.7 Å². The number of nitrogens with two attached hydrogens (primary N) is 1. The van der Waals surface area contributed by atoms with Gasteiger partial charge in [-0.3, -0.25) is 9.69 Å². The van der Waals surface area contributed by atoms with E-state index in [4.69, 9.17) is 5.73 Å². The molecule has 0 bridgehead atoms. The third-order valence-electron chi connectivity index (χ3n) is 4.05. The summed E-state index contributed by atoms with van der Waals surface area (Å²) in [6, 6.07) is 11.1. The standard InChI is InChI=1S/C18H26N2O2/c1-22-18(21)11-7-3-6-10-17-12-16(19)14-20(17)13-15-8-4-2-5-9-15/h2,4-6,8-10,16-17H,3,7,11-14,19H2,1H3/t16-,17-/m1/s1. The largest absolute Gasteiger partial charge is 0.469 e. The third kappa shape index (κ3) is 5.28. The van der Waals surface area contributed by atoms with Gasteiger partial charge in [-0.1, -0.05) is 42.5 Å². The number of hydrogen-bond donors (Lipinski definition) is 1. The molecule has 2 atom stereocenters. The van der Waals surface area contributed by atoms with Gasteiger partial charge in [0.1, 0.15) is 0 Å². The van der Waals surface area contributed by atoms with Crippen molar-refractivity contribution in [2.24, 2.45) is 5.73 Å². The first-order valence-electron chi connectivity index (χ1n) is 7.96. The van der Waals surface area contributed by atoms with E-state index < -0.39 is 0 Å². The Kier molecular flexibility index (Phi) is 6.62. The summed E-state index contributed by atoms with van der Waals surface area (Å²) >= 11 is 0. The smallest absolute Gasteiger partial charge is 0.305 e. The molecule has 0 spiro atoms. The molecular weight excluding hydrogens is 276 g/mol. The number of nitrogens with zero attached hydrogens (tertiary/aromatic N) is 1. The topological polar surface area (TPSA) is 55.6 Å². The van der Waals surface area contributed by atoms with Crippen LogP contribution in [0.25, 0.3) is 0 Å². The molecule has 22 heavy (non-hydrogen) atoms. The Morgan fingerprint density at radius 3 is 2.91 bits per heavy atom. The fraction of sp³-hybridized carbons (Fsp3) is 0.500. The van der Waals surface area contributed by atoms with Crippen molar-refractivity contribution in [3.8, 4) is 0 Å². The van der Waals surface area contributed by atoms with E-state index in [1.807, 2.05) is 6.07 Å². The van der Waals surface area contributed by atoms with E-state index in [1.54, 1.807) is 0 Å². The lowest BCUT2D eigenvalue weighted by molar-refractivity contribution is -0.140. The highest BCUT2D eigenvalue weighted by Gasteiger charge is 2.27. The molecule has 1 saturated heterocycles. The molecule has 0 aromatic heterocycles. The zero-order chi connectivity index (χ0) is 15.8. The predicted octanol–water partition coefficient (Wildman–Crippen LogP) is 2.49. The van der Waals surface area contributed by atoms with Gasteiger partial charge in [-0.15, -0.1) is 0 Å². The molecule has 1 heterocycles. The van der Waals surface area contributed by atoms with Gasteiger partial charge in [-0.2, -0.15) is 0 Å². The number of carbonyl (C=O) groups is 1. The summed E-state index contributed by atoms with van der Waals surface area (Å²) in [5.41, 5.74) is 7.44. The van der Waals surface area contributed by atoms with Crippen LogP contribution < -0.4 is 5.73 Å². The van der Waals surface area contributed by atoms with Gasteiger partial charge in [0.05, 0.1) is 7.11 Å². The molecule has 1 aromatic rings. The van der Waals surface area contributed by atoms with Crippen LogP contribution in [0.4, 0.5) is 0 Å². The summed E-state index contributed by atoms with van der Waals surface area (Å²) in [7, 11) is 1.43. The Balaban J connectivity index is 1.81. The second-order valence-electron chi connectivity index (χ2n) is 5.87. The molecule has 120 valence electrons. The van der Waals surface area contributed by atoms with Crippen LogP contribution >= 0.6 is 0 Å². The van der Waals surface area contributed by atoms with Crippen LogP contribution in [0.3, 0.4) is 0 Å². The van der Waals surface area contributed by atoms with Gasteiger partial charge >= 0.3 is 5.97 Å². The van der Waals surface area contributed by atoms with Crippen LogP contribution in [-0.2, 0) is 16.1 Å². The van der Waals surface area contributed by atoms with E-state index in [0.717, 1.165) is 32.4 Å². The van der Waals surface area contributed by atoms with Crippen LogP contribution in [0.5, 0.6) is 0 Å². The predicted molar refractivity (Wildman–Crippen MR) is 88.2 cm³/mol. The highest BCUT2D eigenvalue weighted by molar-refractivity contribution is 5.69. The Hall–Kier alpha value is -1.65. The summed E-state index contributed by atoms with van der Waals surface area (Å²) in [4.78, 5) is 13.5. The van der Waals surface area contributed by atoms with Gasteiger partial charge in [0, 0.05) is 31.6 Å². The van der Waals surface area contributed by atoms with Crippen LogP contribution in [-0.4, -0.2) is 36.6 Å². The average Bonchev–Trinajstić information content (AvgIpc) is 2.87. The molecule has 1 aliphatic rings. The molecule has 0 saturated carbocycles. The van der Waals surface area contributed by atoms with Crippen LogP contribution in [0.2, 0.25) is 0 Å². The number of methoxy groups -OCH3 is 1.